The van der Waals surface area contributed by atoms with Crippen molar-refractivity contribution in [3.05, 3.63) is 92.1 Å². The summed E-state index contributed by atoms with van der Waals surface area (Å²) in [6, 6.07) is 13.5. The molecule has 34 heavy (non-hydrogen) atoms. The molecule has 11 nitrogen and oxygen atoms in total. The lowest BCUT2D eigenvalue weighted by Crippen LogP contribution is -2.20. The third kappa shape index (κ3) is 3.50. The summed E-state index contributed by atoms with van der Waals surface area (Å²) in [5.74, 6) is 0.886. The molecule has 0 atom stereocenters. The lowest BCUT2D eigenvalue weighted by molar-refractivity contribution is -0.401. The molecule has 1 N–H and O–H groups in total. The van der Waals surface area contributed by atoms with Gasteiger partial charge in [0, 0.05) is 23.0 Å². The monoisotopic (exact) mass is 490 g/mol. The van der Waals surface area contributed by atoms with Crippen LogP contribution in [0.5, 0.6) is 0 Å². The van der Waals surface area contributed by atoms with Crippen LogP contribution in [0.15, 0.2) is 75.3 Å². The number of furan rings is 1. The maximum absolute atomic E-state index is 11.1. The molecule has 13 heteroatoms. The Hall–Kier alpha value is -4.42. The fourth-order valence-corrected chi connectivity index (χ4v) is 4.44. The number of H-pyrrole nitrogens is 1. The van der Waals surface area contributed by atoms with Gasteiger partial charge in [-0.05, 0) is 42.5 Å². The van der Waals surface area contributed by atoms with Crippen LogP contribution in [0.2, 0.25) is 5.02 Å². The minimum absolute atomic E-state index is 0.303. The topological polar surface area (TPSA) is 140 Å². The predicted molar refractivity (Wildman–Crippen MR) is 123 cm³/mol. The maximum Gasteiger partial charge on any atom is 0.433 e. The lowest BCUT2D eigenvalue weighted by atomic mass is 10.2. The smallest absolute Gasteiger partial charge is 0.400 e. The first kappa shape index (κ1) is 20.2. The number of hydrogen-bond acceptors (Lipinski definition) is 9. The van der Waals surface area contributed by atoms with E-state index in [9.17, 15) is 10.1 Å². The van der Waals surface area contributed by atoms with E-state index in [-0.39, 0.29) is 5.88 Å². The van der Waals surface area contributed by atoms with Crippen LogP contribution in [0.3, 0.4) is 0 Å². The molecule has 0 bridgehead atoms. The van der Waals surface area contributed by atoms with E-state index in [0.29, 0.717) is 48.3 Å². The number of nitrogens with one attached hydrogen (secondary N) is 1. The Morgan fingerprint density at radius 3 is 2.65 bits per heavy atom. The number of pyridine rings is 1. The van der Waals surface area contributed by atoms with Gasteiger partial charge in [-0.1, -0.05) is 22.9 Å². The number of hydrogen-bond donors (Lipinski definition) is 1. The summed E-state index contributed by atoms with van der Waals surface area (Å²) in [5, 5.41) is 25.4. The van der Waals surface area contributed by atoms with Gasteiger partial charge in [0.25, 0.3) is 0 Å². The highest BCUT2D eigenvalue weighted by Crippen LogP contribution is 2.29. The molecular weight excluding hydrogens is 480 g/mol. The van der Waals surface area contributed by atoms with E-state index in [1.54, 1.807) is 41.2 Å². The number of nitrogens with zero attached hydrogens (tertiary/aromatic N) is 7. The Labute approximate surface area is 197 Å². The molecule has 6 rings (SSSR count). The van der Waals surface area contributed by atoms with Crippen molar-refractivity contribution >= 4 is 39.6 Å². The summed E-state index contributed by atoms with van der Waals surface area (Å²) in [6.45, 7) is 0. The van der Waals surface area contributed by atoms with E-state index < -0.39 is 4.92 Å². The quantitative estimate of drug-likeness (QED) is 0.304. The van der Waals surface area contributed by atoms with Crippen LogP contribution < -0.4 is 16.1 Å². The van der Waals surface area contributed by atoms with Gasteiger partial charge >= 0.3 is 5.88 Å². The molecule has 4 aromatic heterocycles. The number of nitro groups is 1. The number of rotatable bonds is 3. The van der Waals surface area contributed by atoms with Crippen LogP contribution in [-0.4, -0.2) is 29.7 Å². The third-order valence-electron chi connectivity index (χ3n) is 4.93. The highest BCUT2D eigenvalue weighted by molar-refractivity contribution is 7.19. The van der Waals surface area contributed by atoms with E-state index >= 15 is 0 Å². The molecule has 1 aromatic carbocycles. The summed E-state index contributed by atoms with van der Waals surface area (Å²) in [5.41, 5.74) is 0.790. The Bertz CT molecular complexity index is 1820. The van der Waals surface area contributed by atoms with E-state index in [1.165, 1.54) is 23.5 Å². The van der Waals surface area contributed by atoms with Gasteiger partial charge in [0.2, 0.25) is 4.96 Å². The van der Waals surface area contributed by atoms with Crippen LogP contribution in [0.1, 0.15) is 0 Å². The average Bonchev–Trinajstić information content (AvgIpc) is 3.55. The number of halogens is 1. The van der Waals surface area contributed by atoms with Gasteiger partial charge in [-0.3, -0.25) is 20.2 Å². The molecule has 0 saturated carbocycles. The van der Waals surface area contributed by atoms with Crippen LogP contribution in [0, 0.1) is 10.1 Å². The van der Waals surface area contributed by atoms with Gasteiger partial charge < -0.3 is 4.42 Å². The summed E-state index contributed by atoms with van der Waals surface area (Å²) in [4.78, 5) is 24.9. The zero-order valence-corrected chi connectivity index (χ0v) is 18.5. The van der Waals surface area contributed by atoms with Crippen molar-refractivity contribution in [3.8, 4) is 22.0 Å². The van der Waals surface area contributed by atoms with Crippen molar-refractivity contribution in [2.45, 2.75) is 0 Å². The van der Waals surface area contributed by atoms with E-state index in [0.717, 1.165) is 5.56 Å². The first-order chi connectivity index (χ1) is 16.5. The zero-order chi connectivity index (χ0) is 23.2. The first-order valence-corrected chi connectivity index (χ1v) is 11.0. The molecular formula is C21H11ClN8O3S. The Morgan fingerprint density at radius 2 is 1.85 bits per heavy atom. The number of aromatic amines is 1. The van der Waals surface area contributed by atoms with Gasteiger partial charge in [0.05, 0.1) is 21.7 Å². The molecule has 0 fully saturated rings. The molecule has 0 saturated heterocycles. The number of benzene rings is 1. The summed E-state index contributed by atoms with van der Waals surface area (Å²) in [6.07, 6.45) is 3.32. The highest BCUT2D eigenvalue weighted by Gasteiger charge is 2.16. The standard InChI is InChI=1S/C21H11ClN8O3S/c22-12-1-2-13-14(9-12)25-19(24-13)15-10-17(16-3-4-18(33-16)30(31)32)34-21-27-26-20(29(21)28-15)11-5-7-23-8-6-11/h1-10,28H/b19-15-. The predicted octanol–water partition coefficient (Wildman–Crippen LogP) is 2.86. The van der Waals surface area contributed by atoms with Gasteiger partial charge in [0.15, 0.2) is 17.4 Å². The molecule has 0 amide bonds. The lowest BCUT2D eigenvalue weighted by Gasteiger charge is -1.97. The molecule has 0 aliphatic carbocycles. The molecule has 0 unspecified atom stereocenters. The number of fused-ring (bicyclic) bond motifs is 2. The van der Waals surface area contributed by atoms with Gasteiger partial charge in [-0.2, -0.15) is 0 Å². The Kier molecular flexibility index (Phi) is 4.67. The number of aromatic nitrogens is 5. The summed E-state index contributed by atoms with van der Waals surface area (Å²) >= 11 is 7.35. The van der Waals surface area contributed by atoms with Crippen LogP contribution in [-0.2, 0) is 0 Å². The molecule has 1 aliphatic rings. The fourth-order valence-electron chi connectivity index (χ4n) is 3.38. The van der Waals surface area contributed by atoms with Crippen molar-refractivity contribution in [2.75, 3.05) is 0 Å². The molecule has 5 aromatic rings. The van der Waals surface area contributed by atoms with Crippen molar-refractivity contribution < 1.29 is 9.34 Å². The highest BCUT2D eigenvalue weighted by atomic mass is 35.5. The largest absolute Gasteiger partial charge is 0.433 e. The van der Waals surface area contributed by atoms with Crippen molar-refractivity contribution in [1.29, 1.82) is 0 Å². The van der Waals surface area contributed by atoms with E-state index in [2.05, 4.69) is 30.3 Å². The van der Waals surface area contributed by atoms with Gasteiger partial charge in [0.1, 0.15) is 10.3 Å². The second-order valence-corrected chi connectivity index (χ2v) is 8.53. The van der Waals surface area contributed by atoms with Crippen molar-refractivity contribution in [3.63, 3.8) is 0 Å². The molecule has 0 radical (unpaired) electrons. The normalized spacial score (nSPS) is 13.9. The zero-order valence-electron chi connectivity index (χ0n) is 16.9. The SMILES string of the molecule is O=[N+]([O-])c1ccc(-c2c/c(=C3\N=c4ccc(Cl)cc4=N3)[nH]n3c(-c4ccncc4)nnc3s2)o1. The Balaban J connectivity index is 1.68. The minimum atomic E-state index is -0.588. The van der Waals surface area contributed by atoms with E-state index in [1.807, 2.05) is 12.1 Å². The van der Waals surface area contributed by atoms with Crippen molar-refractivity contribution in [1.82, 2.24) is 24.8 Å². The van der Waals surface area contributed by atoms with Gasteiger partial charge in [-0.15, -0.1) is 10.2 Å². The summed E-state index contributed by atoms with van der Waals surface area (Å²) in [7, 11) is 0. The second-order valence-electron chi connectivity index (χ2n) is 7.09. The summed E-state index contributed by atoms with van der Waals surface area (Å²) < 4.78 is 7.15. The molecule has 0 spiro atoms. The first-order valence-electron chi connectivity index (χ1n) is 9.79. The molecule has 166 valence electrons. The third-order valence-corrected chi connectivity index (χ3v) is 6.15. The van der Waals surface area contributed by atoms with Crippen molar-refractivity contribution in [2.24, 2.45) is 9.98 Å². The van der Waals surface area contributed by atoms with Crippen LogP contribution in [0.4, 0.5) is 5.88 Å². The second kappa shape index (κ2) is 7.86. The van der Waals surface area contributed by atoms with Crippen LogP contribution >= 0.6 is 22.9 Å². The van der Waals surface area contributed by atoms with Crippen LogP contribution in [0.25, 0.3) is 32.8 Å². The molecule has 5 heterocycles. The fraction of sp³-hybridized carbons (Fsp3) is 0. The molecule has 1 aliphatic heterocycles. The minimum Gasteiger partial charge on any atom is -0.400 e. The average molecular weight is 491 g/mol. The maximum atomic E-state index is 11.1. The Morgan fingerprint density at radius 1 is 1.03 bits per heavy atom. The van der Waals surface area contributed by atoms with E-state index in [4.69, 9.17) is 16.0 Å². The van der Waals surface area contributed by atoms with Gasteiger partial charge in [-0.25, -0.2) is 14.5 Å².